The summed E-state index contributed by atoms with van der Waals surface area (Å²) in [5, 5.41) is 12.5. The molecule has 4 heteroatoms. The fraction of sp³-hybridized carbons (Fsp3) is 0.571. The zero-order valence-electron chi connectivity index (χ0n) is 6.03. The Hall–Kier alpha value is -0.870. The molecule has 1 aliphatic heterocycles. The average molecular weight is 154 g/mol. The number of aliphatic hydroxyl groups excluding tert-OH is 1. The quantitative estimate of drug-likeness (QED) is 0.601. The lowest BCUT2D eigenvalue weighted by atomic mass is 10.2. The van der Waals surface area contributed by atoms with E-state index in [2.05, 4.69) is 10.3 Å². The highest BCUT2D eigenvalue weighted by molar-refractivity contribution is 4.97. The van der Waals surface area contributed by atoms with Crippen LogP contribution in [0.1, 0.15) is 18.4 Å². The molecule has 0 saturated carbocycles. The van der Waals surface area contributed by atoms with Gasteiger partial charge in [0, 0.05) is 0 Å². The number of aromatic nitrogens is 1. The lowest BCUT2D eigenvalue weighted by Gasteiger charge is -2.08. The first-order chi connectivity index (χ1) is 5.38. The van der Waals surface area contributed by atoms with E-state index < -0.39 is 0 Å². The van der Waals surface area contributed by atoms with Crippen LogP contribution in [0.5, 0.6) is 0 Å². The van der Waals surface area contributed by atoms with E-state index in [0.717, 1.165) is 13.0 Å². The third kappa shape index (κ3) is 1.15. The Bertz CT molecular complexity index is 222. The van der Waals surface area contributed by atoms with Gasteiger partial charge in [0.2, 0.25) is 5.89 Å². The van der Waals surface area contributed by atoms with Gasteiger partial charge in [-0.1, -0.05) is 0 Å². The van der Waals surface area contributed by atoms with Gasteiger partial charge in [-0.05, 0) is 13.0 Å². The second-order valence-corrected chi connectivity index (χ2v) is 2.66. The Kier molecular flexibility index (Phi) is 1.63. The zero-order chi connectivity index (χ0) is 7.68. The molecule has 0 bridgehead atoms. The van der Waals surface area contributed by atoms with E-state index in [1.165, 1.54) is 6.26 Å². The Labute approximate surface area is 64.2 Å². The van der Waals surface area contributed by atoms with Crippen LogP contribution in [-0.2, 0) is 0 Å². The van der Waals surface area contributed by atoms with Gasteiger partial charge < -0.3 is 14.8 Å². The van der Waals surface area contributed by atoms with Crippen LogP contribution in [0.2, 0.25) is 0 Å². The van der Waals surface area contributed by atoms with Gasteiger partial charge in [0.05, 0.1) is 12.3 Å². The van der Waals surface area contributed by atoms with Crippen LogP contribution < -0.4 is 5.32 Å². The molecular formula is C7H10N2O2. The smallest absolute Gasteiger partial charge is 0.213 e. The second kappa shape index (κ2) is 2.64. The largest absolute Gasteiger partial charge is 0.447 e. The van der Waals surface area contributed by atoms with E-state index >= 15 is 0 Å². The van der Waals surface area contributed by atoms with E-state index in [-0.39, 0.29) is 12.1 Å². The molecule has 2 rings (SSSR count). The summed E-state index contributed by atoms with van der Waals surface area (Å²) < 4.78 is 5.05. The predicted octanol–water partition coefficient (Wildman–Crippen LogP) is 0.0699. The summed E-state index contributed by atoms with van der Waals surface area (Å²) >= 11 is 0. The summed E-state index contributed by atoms with van der Waals surface area (Å²) in [4.78, 5) is 3.96. The van der Waals surface area contributed by atoms with E-state index in [0.29, 0.717) is 5.89 Å². The van der Waals surface area contributed by atoms with Crippen molar-refractivity contribution < 1.29 is 9.52 Å². The molecule has 4 nitrogen and oxygen atoms in total. The topological polar surface area (TPSA) is 58.3 Å². The number of hydrogen-bond acceptors (Lipinski definition) is 4. The average Bonchev–Trinajstić information content (AvgIpc) is 2.55. The van der Waals surface area contributed by atoms with Crippen molar-refractivity contribution in [2.45, 2.75) is 18.6 Å². The number of rotatable bonds is 1. The predicted molar refractivity (Wildman–Crippen MR) is 37.9 cm³/mol. The highest BCUT2D eigenvalue weighted by Gasteiger charge is 2.29. The minimum atomic E-state index is -0.353. The lowest BCUT2D eigenvalue weighted by molar-refractivity contribution is 0.147. The van der Waals surface area contributed by atoms with Crippen LogP contribution >= 0.6 is 0 Å². The summed E-state index contributed by atoms with van der Waals surface area (Å²) in [6.07, 6.45) is 3.52. The van der Waals surface area contributed by atoms with Gasteiger partial charge in [-0.25, -0.2) is 4.98 Å². The Morgan fingerprint density at radius 1 is 1.73 bits per heavy atom. The van der Waals surface area contributed by atoms with Gasteiger partial charge in [-0.3, -0.25) is 0 Å². The highest BCUT2D eigenvalue weighted by Crippen LogP contribution is 2.21. The number of hydrogen-bond donors (Lipinski definition) is 2. The normalized spacial score (nSPS) is 31.0. The lowest BCUT2D eigenvalue weighted by Crippen LogP contribution is -2.20. The minimum absolute atomic E-state index is 0.106. The number of oxazole rings is 1. The molecule has 60 valence electrons. The monoisotopic (exact) mass is 154 g/mol. The molecular weight excluding hydrogens is 144 g/mol. The molecule has 0 aromatic carbocycles. The van der Waals surface area contributed by atoms with Crippen LogP contribution in [0.25, 0.3) is 0 Å². The fourth-order valence-electron chi connectivity index (χ4n) is 1.33. The minimum Gasteiger partial charge on any atom is -0.447 e. The van der Waals surface area contributed by atoms with Gasteiger partial charge in [0.15, 0.2) is 0 Å². The molecule has 2 heterocycles. The summed E-state index contributed by atoms with van der Waals surface area (Å²) in [6, 6.07) is -0.106. The number of nitrogens with one attached hydrogen (secondary N) is 1. The Morgan fingerprint density at radius 3 is 3.18 bits per heavy atom. The highest BCUT2D eigenvalue weighted by atomic mass is 16.3. The van der Waals surface area contributed by atoms with Gasteiger partial charge in [0.25, 0.3) is 0 Å². The number of nitrogens with zero attached hydrogens (tertiary/aromatic N) is 1. The molecule has 0 aliphatic carbocycles. The van der Waals surface area contributed by atoms with Crippen molar-refractivity contribution in [3.05, 3.63) is 18.4 Å². The molecule has 2 N–H and O–H groups in total. The zero-order valence-corrected chi connectivity index (χ0v) is 6.03. The van der Waals surface area contributed by atoms with Gasteiger partial charge >= 0.3 is 0 Å². The van der Waals surface area contributed by atoms with Crippen LogP contribution in [0.4, 0.5) is 0 Å². The third-order valence-corrected chi connectivity index (χ3v) is 1.91. The van der Waals surface area contributed by atoms with Crippen LogP contribution in [0.3, 0.4) is 0 Å². The van der Waals surface area contributed by atoms with E-state index in [1.54, 1.807) is 6.20 Å². The summed E-state index contributed by atoms with van der Waals surface area (Å²) in [6.45, 7) is 0.828. The maximum absolute atomic E-state index is 9.40. The molecule has 1 aromatic heterocycles. The standard InChI is InChI=1S/C7H10N2O2/c10-5-1-2-8-6(5)7-9-3-4-11-7/h3-6,8,10H,1-2H2. The summed E-state index contributed by atoms with van der Waals surface area (Å²) in [5.41, 5.74) is 0. The van der Waals surface area contributed by atoms with Crippen LogP contribution in [0.15, 0.2) is 16.9 Å². The van der Waals surface area contributed by atoms with Crippen molar-refractivity contribution in [1.29, 1.82) is 0 Å². The van der Waals surface area contributed by atoms with Crippen LogP contribution in [0, 0.1) is 0 Å². The van der Waals surface area contributed by atoms with Crippen molar-refractivity contribution in [2.24, 2.45) is 0 Å². The van der Waals surface area contributed by atoms with E-state index in [9.17, 15) is 5.11 Å². The summed E-state index contributed by atoms with van der Waals surface area (Å²) in [5.74, 6) is 0.579. The molecule has 2 unspecified atom stereocenters. The van der Waals surface area contributed by atoms with Gasteiger partial charge in [0.1, 0.15) is 12.3 Å². The first-order valence-electron chi connectivity index (χ1n) is 3.69. The maximum atomic E-state index is 9.40. The molecule has 11 heavy (non-hydrogen) atoms. The van der Waals surface area contributed by atoms with Crippen molar-refractivity contribution in [3.63, 3.8) is 0 Å². The molecule has 1 aliphatic rings. The third-order valence-electron chi connectivity index (χ3n) is 1.91. The van der Waals surface area contributed by atoms with Gasteiger partial charge in [-0.2, -0.15) is 0 Å². The maximum Gasteiger partial charge on any atom is 0.213 e. The van der Waals surface area contributed by atoms with E-state index in [1.807, 2.05) is 0 Å². The second-order valence-electron chi connectivity index (χ2n) is 2.66. The molecule has 2 atom stereocenters. The van der Waals surface area contributed by atoms with Crippen molar-refractivity contribution in [2.75, 3.05) is 6.54 Å². The Morgan fingerprint density at radius 2 is 2.64 bits per heavy atom. The van der Waals surface area contributed by atoms with E-state index in [4.69, 9.17) is 4.42 Å². The molecule has 1 saturated heterocycles. The number of aliphatic hydroxyl groups is 1. The molecule has 0 spiro atoms. The molecule has 0 radical (unpaired) electrons. The molecule has 1 fully saturated rings. The molecule has 1 aromatic rings. The Balaban J connectivity index is 2.16. The SMILES string of the molecule is OC1CCNC1c1ncco1. The fourth-order valence-corrected chi connectivity index (χ4v) is 1.33. The summed E-state index contributed by atoms with van der Waals surface area (Å²) in [7, 11) is 0. The first kappa shape index (κ1) is 6.82. The first-order valence-corrected chi connectivity index (χ1v) is 3.69. The molecule has 0 amide bonds. The van der Waals surface area contributed by atoms with Crippen LogP contribution in [-0.4, -0.2) is 22.7 Å². The van der Waals surface area contributed by atoms with Crippen molar-refractivity contribution in [3.8, 4) is 0 Å². The van der Waals surface area contributed by atoms with Crippen molar-refractivity contribution in [1.82, 2.24) is 10.3 Å². The van der Waals surface area contributed by atoms with Crippen molar-refractivity contribution >= 4 is 0 Å². The van der Waals surface area contributed by atoms with Gasteiger partial charge in [-0.15, -0.1) is 0 Å².